The highest BCUT2D eigenvalue weighted by Gasteiger charge is 2.55. The van der Waals surface area contributed by atoms with Crippen LogP contribution in [0.25, 0.3) is 0 Å². The van der Waals surface area contributed by atoms with Gasteiger partial charge in [-0.05, 0) is 206 Å². The van der Waals surface area contributed by atoms with Gasteiger partial charge in [0.25, 0.3) is 0 Å². The number of nitrogens with zero attached hydrogens (tertiary/aromatic N) is 1. The van der Waals surface area contributed by atoms with Crippen molar-refractivity contribution in [2.45, 2.75) is 172 Å². The highest BCUT2D eigenvalue weighted by Crippen LogP contribution is 2.65. The van der Waals surface area contributed by atoms with Crippen LogP contribution in [0.5, 0.6) is 17.2 Å². The highest BCUT2D eigenvalue weighted by atomic mass is 16.3. The van der Waals surface area contributed by atoms with Crippen molar-refractivity contribution in [2.24, 2.45) is 53.3 Å². The molecule has 0 unspecified atom stereocenters. The molecule has 12 fully saturated rings. The molecule has 0 saturated heterocycles. The average molecular weight is 780 g/mol. The van der Waals surface area contributed by atoms with Gasteiger partial charge < -0.3 is 15.3 Å². The summed E-state index contributed by atoms with van der Waals surface area (Å²) in [5.74, 6) is 8.85. The molecule has 15 rings (SSSR count). The molecule has 308 valence electrons. The fourth-order valence-electron chi connectivity index (χ4n) is 18.3. The van der Waals surface area contributed by atoms with E-state index in [0.717, 1.165) is 70.0 Å². The summed E-state index contributed by atoms with van der Waals surface area (Å²) in [5, 5.41) is 37.5. The van der Waals surface area contributed by atoms with Gasteiger partial charge in [0.2, 0.25) is 0 Å². The Kier molecular flexibility index (Phi) is 8.27. The summed E-state index contributed by atoms with van der Waals surface area (Å²) in [4.78, 5) is 2.45. The molecule has 0 aliphatic heterocycles. The van der Waals surface area contributed by atoms with Gasteiger partial charge in [-0.1, -0.05) is 53.1 Å². The van der Waals surface area contributed by atoms with E-state index in [1.165, 1.54) is 149 Å². The third-order valence-electron chi connectivity index (χ3n) is 19.0. The van der Waals surface area contributed by atoms with Crippen molar-refractivity contribution in [3.8, 4) is 17.2 Å². The number of rotatable bonds is 9. The predicted molar refractivity (Wildman–Crippen MR) is 231 cm³/mol. The Balaban J connectivity index is 0.931. The van der Waals surface area contributed by atoms with Gasteiger partial charge >= 0.3 is 0 Å². The zero-order valence-electron chi connectivity index (χ0n) is 35.8. The minimum absolute atomic E-state index is 0.105. The molecule has 3 N–H and O–H groups in total. The smallest absolute Gasteiger partial charge is 0.123 e. The summed E-state index contributed by atoms with van der Waals surface area (Å²) >= 11 is 0. The van der Waals surface area contributed by atoms with E-state index < -0.39 is 0 Å². The van der Waals surface area contributed by atoms with Crippen LogP contribution in [0.15, 0.2) is 36.4 Å². The molecule has 0 radical (unpaired) electrons. The zero-order chi connectivity index (χ0) is 39.3. The highest BCUT2D eigenvalue weighted by molar-refractivity contribution is 5.52. The van der Waals surface area contributed by atoms with Crippen LogP contribution in [0.1, 0.15) is 166 Å². The number of aromatic hydroxyl groups is 3. The number of benzene rings is 3. The van der Waals surface area contributed by atoms with Crippen LogP contribution in [-0.4, -0.2) is 20.2 Å². The van der Waals surface area contributed by atoms with E-state index in [1.54, 1.807) is 0 Å². The quantitative estimate of drug-likeness (QED) is 0.202. The Morgan fingerprint density at radius 1 is 0.379 bits per heavy atom. The average Bonchev–Trinajstić information content (AvgIpc) is 3.14. The van der Waals surface area contributed by atoms with Crippen LogP contribution in [-0.2, 0) is 35.9 Å². The molecule has 12 saturated carbocycles. The number of hydrogen-bond acceptors (Lipinski definition) is 4. The number of phenolic OH excluding ortho intramolecular Hbond substituents is 3. The van der Waals surface area contributed by atoms with Crippen molar-refractivity contribution in [3.63, 3.8) is 0 Å². The lowest BCUT2D eigenvalue weighted by atomic mass is 9.48. The number of phenols is 3. The molecule has 12 aliphatic rings. The monoisotopic (exact) mass is 780 g/mol. The first kappa shape index (κ1) is 36.8. The van der Waals surface area contributed by atoms with Crippen molar-refractivity contribution in [1.82, 2.24) is 4.90 Å². The molecule has 3 aromatic rings. The molecule has 0 atom stereocenters. The van der Waals surface area contributed by atoms with Crippen LogP contribution >= 0.6 is 0 Å². The van der Waals surface area contributed by atoms with Gasteiger partial charge in [0.15, 0.2) is 0 Å². The first-order valence-electron chi connectivity index (χ1n) is 24.1. The lowest BCUT2D eigenvalue weighted by molar-refractivity contribution is -0.00634. The molecule has 4 heteroatoms. The van der Waals surface area contributed by atoms with E-state index in [4.69, 9.17) is 0 Å². The summed E-state index contributed by atoms with van der Waals surface area (Å²) < 4.78 is 0. The van der Waals surface area contributed by atoms with E-state index in [0.29, 0.717) is 36.9 Å². The van der Waals surface area contributed by atoms with Gasteiger partial charge in [-0.25, -0.2) is 0 Å². The van der Waals surface area contributed by atoms with Crippen molar-refractivity contribution in [3.05, 3.63) is 86.5 Å². The van der Waals surface area contributed by atoms with Crippen LogP contribution in [0.3, 0.4) is 0 Å². The topological polar surface area (TPSA) is 63.9 Å². The van der Waals surface area contributed by atoms with Crippen molar-refractivity contribution >= 4 is 0 Å². The minimum atomic E-state index is 0.105. The van der Waals surface area contributed by atoms with Crippen LogP contribution in [0, 0.1) is 74.0 Å². The molecule has 0 spiro atoms. The fourth-order valence-corrected chi connectivity index (χ4v) is 18.3. The minimum Gasteiger partial charge on any atom is -0.507 e. The second-order valence-corrected chi connectivity index (χ2v) is 23.7. The molecule has 12 bridgehead atoms. The SMILES string of the molecule is Cc1cc(CN(Cc2cc(C)cc(C34CC5CC(CC(C5)C3)C4)c2O)Cc2cc(C)cc(C34CC5CC(CC(C5)C3)C4)c2O)c(O)c(C23CC4CC(CC(C4)C2)C3)c1. The van der Waals surface area contributed by atoms with Gasteiger partial charge in [0.1, 0.15) is 17.2 Å². The Morgan fingerprint density at radius 3 is 0.793 bits per heavy atom. The first-order valence-corrected chi connectivity index (χ1v) is 24.1. The van der Waals surface area contributed by atoms with E-state index in [1.807, 2.05) is 0 Å². The Hall–Kier alpha value is -2.98. The van der Waals surface area contributed by atoms with E-state index in [9.17, 15) is 15.3 Å². The summed E-state index contributed by atoms with van der Waals surface area (Å²) in [7, 11) is 0. The zero-order valence-corrected chi connectivity index (χ0v) is 35.8. The molecule has 58 heavy (non-hydrogen) atoms. The van der Waals surface area contributed by atoms with Crippen molar-refractivity contribution < 1.29 is 15.3 Å². The van der Waals surface area contributed by atoms with Crippen LogP contribution in [0.4, 0.5) is 0 Å². The van der Waals surface area contributed by atoms with Gasteiger partial charge in [-0.15, -0.1) is 0 Å². The summed E-state index contributed by atoms with van der Waals surface area (Å²) in [6, 6.07) is 13.7. The second kappa shape index (κ2) is 13.0. The fraction of sp³-hybridized carbons (Fsp3) is 0.667. The van der Waals surface area contributed by atoms with Crippen molar-refractivity contribution in [1.29, 1.82) is 0 Å². The number of hydrogen-bond donors (Lipinski definition) is 3. The third-order valence-corrected chi connectivity index (χ3v) is 19.0. The first-order chi connectivity index (χ1) is 27.9. The normalized spacial score (nSPS) is 40.0. The molecule has 0 amide bonds. The molecular weight excluding hydrogens is 711 g/mol. The summed E-state index contributed by atoms with van der Waals surface area (Å²) in [6.07, 6.45) is 23.6. The Bertz CT molecular complexity index is 1810. The van der Waals surface area contributed by atoms with Crippen LogP contribution in [0.2, 0.25) is 0 Å². The lowest BCUT2D eigenvalue weighted by Gasteiger charge is -2.57. The van der Waals surface area contributed by atoms with E-state index in [2.05, 4.69) is 62.1 Å². The third kappa shape index (κ3) is 5.89. The maximum absolute atomic E-state index is 12.5. The molecule has 3 aromatic carbocycles. The van der Waals surface area contributed by atoms with Crippen molar-refractivity contribution in [2.75, 3.05) is 0 Å². The van der Waals surface area contributed by atoms with E-state index >= 15 is 0 Å². The molecule has 0 heterocycles. The molecular formula is C54H69NO3. The lowest BCUT2D eigenvalue weighted by Crippen LogP contribution is -2.48. The predicted octanol–water partition coefficient (Wildman–Crippen LogP) is 12.3. The van der Waals surface area contributed by atoms with E-state index in [-0.39, 0.29) is 16.2 Å². The maximum Gasteiger partial charge on any atom is 0.123 e. The second-order valence-electron chi connectivity index (χ2n) is 23.7. The Labute approximate surface area is 348 Å². The maximum atomic E-state index is 12.5. The largest absolute Gasteiger partial charge is 0.507 e. The number of aryl methyl sites for hydroxylation is 3. The summed E-state index contributed by atoms with van der Waals surface area (Å²) in [6.45, 7) is 8.41. The van der Waals surface area contributed by atoms with Gasteiger partial charge in [-0.3, -0.25) is 4.90 Å². The van der Waals surface area contributed by atoms with Gasteiger partial charge in [0.05, 0.1) is 0 Å². The van der Waals surface area contributed by atoms with Gasteiger partial charge in [0, 0.05) is 53.0 Å². The standard InChI is InChI=1S/C54H69NO3/c1-31-4-43(49(56)46(7-31)52-19-34-10-35(20-52)12-36(11-34)21-52)28-55(29-44-5-32(2)8-47(50(44)57)53-22-37-13-38(23-53)15-39(14-37)24-53)30-45-6-33(3)9-48(51(45)58)54-25-40-16-41(26-54)18-42(17-40)27-54/h4-9,34-42,56-58H,10-30H2,1-3H3. The van der Waals surface area contributed by atoms with Gasteiger partial charge in [-0.2, -0.15) is 0 Å². The molecule has 12 aliphatic carbocycles. The summed E-state index contributed by atoms with van der Waals surface area (Å²) in [5.41, 5.74) is 10.7. The molecule has 0 aromatic heterocycles. The van der Waals surface area contributed by atoms with Crippen LogP contribution < -0.4 is 0 Å². The molecule has 4 nitrogen and oxygen atoms in total. The Morgan fingerprint density at radius 2 is 0.586 bits per heavy atom.